The highest BCUT2D eigenvalue weighted by atomic mass is 14.3. The maximum atomic E-state index is 2.50. The highest BCUT2D eigenvalue weighted by Crippen LogP contribution is 2.41. The molecule has 0 aromatic heterocycles. The third-order valence-electron chi connectivity index (χ3n) is 6.14. The van der Waals surface area contributed by atoms with E-state index < -0.39 is 0 Å². The van der Waals surface area contributed by atoms with Crippen LogP contribution < -0.4 is 0 Å². The van der Waals surface area contributed by atoms with Crippen LogP contribution in [0.25, 0.3) is 0 Å². The molecule has 0 amide bonds. The van der Waals surface area contributed by atoms with Gasteiger partial charge in [0, 0.05) is 5.92 Å². The van der Waals surface area contributed by atoms with Crippen molar-refractivity contribution in [2.24, 2.45) is 11.3 Å². The average Bonchev–Trinajstić information content (AvgIpc) is 2.57. The molecule has 1 aliphatic rings. The van der Waals surface area contributed by atoms with Gasteiger partial charge in [-0.05, 0) is 38.0 Å². The third kappa shape index (κ3) is 10.3. The van der Waals surface area contributed by atoms with Crippen LogP contribution in [0, 0.1) is 11.3 Å². The van der Waals surface area contributed by atoms with Gasteiger partial charge in [0.1, 0.15) is 0 Å². The normalized spacial score (nSPS) is 20.2. The Kier molecular flexibility index (Phi) is 12.3. The van der Waals surface area contributed by atoms with Gasteiger partial charge in [-0.3, -0.25) is 0 Å². The van der Waals surface area contributed by atoms with Crippen molar-refractivity contribution in [3.63, 3.8) is 0 Å². The van der Waals surface area contributed by atoms with Gasteiger partial charge in [-0.2, -0.15) is 0 Å². The summed E-state index contributed by atoms with van der Waals surface area (Å²) >= 11 is 0. The van der Waals surface area contributed by atoms with E-state index in [1.807, 2.05) is 0 Å². The number of allylic oxidation sites excluding steroid dienone is 4. The van der Waals surface area contributed by atoms with Crippen molar-refractivity contribution in [2.45, 2.75) is 124 Å². The second-order valence-electron chi connectivity index (χ2n) is 9.06. The number of rotatable bonds is 14. The average molecular weight is 347 g/mol. The van der Waals surface area contributed by atoms with Crippen molar-refractivity contribution in [1.29, 1.82) is 0 Å². The van der Waals surface area contributed by atoms with Crippen molar-refractivity contribution in [2.75, 3.05) is 0 Å². The SMILES string of the molecule is CCCCCCCCCCCCCC/C=C/C1C(C)=CCCC1(C)C. The van der Waals surface area contributed by atoms with Gasteiger partial charge in [0.25, 0.3) is 0 Å². The molecule has 0 aromatic rings. The zero-order valence-corrected chi connectivity index (χ0v) is 17.9. The Bertz CT molecular complexity index is 371. The van der Waals surface area contributed by atoms with Crippen molar-refractivity contribution in [3.05, 3.63) is 23.8 Å². The van der Waals surface area contributed by atoms with E-state index in [1.54, 1.807) is 5.57 Å². The lowest BCUT2D eigenvalue weighted by molar-refractivity contribution is 0.255. The summed E-state index contributed by atoms with van der Waals surface area (Å²) in [5, 5.41) is 0. The van der Waals surface area contributed by atoms with Gasteiger partial charge in [0.15, 0.2) is 0 Å². The molecule has 0 spiro atoms. The van der Waals surface area contributed by atoms with Crippen LogP contribution in [0.5, 0.6) is 0 Å². The molecule has 0 heterocycles. The van der Waals surface area contributed by atoms with Gasteiger partial charge < -0.3 is 0 Å². The van der Waals surface area contributed by atoms with E-state index >= 15 is 0 Å². The lowest BCUT2D eigenvalue weighted by Gasteiger charge is -2.36. The first kappa shape index (κ1) is 22.5. The summed E-state index contributed by atoms with van der Waals surface area (Å²) in [5.74, 6) is 0.665. The molecule has 0 aliphatic heterocycles. The van der Waals surface area contributed by atoms with E-state index in [0.29, 0.717) is 11.3 Å². The Hall–Kier alpha value is -0.520. The molecule has 0 heteroatoms. The molecule has 0 saturated heterocycles. The molecule has 0 fully saturated rings. The fourth-order valence-electron chi connectivity index (χ4n) is 4.32. The van der Waals surface area contributed by atoms with E-state index in [4.69, 9.17) is 0 Å². The molecule has 0 saturated carbocycles. The first-order valence-electron chi connectivity index (χ1n) is 11.4. The molecular formula is C25H46. The lowest BCUT2D eigenvalue weighted by Crippen LogP contribution is -2.26. The Morgan fingerprint density at radius 2 is 1.40 bits per heavy atom. The van der Waals surface area contributed by atoms with Crippen LogP contribution in [0.15, 0.2) is 23.8 Å². The Balaban J connectivity index is 1.95. The number of hydrogen-bond acceptors (Lipinski definition) is 0. The van der Waals surface area contributed by atoms with Gasteiger partial charge in [-0.25, -0.2) is 0 Å². The molecular weight excluding hydrogens is 300 g/mol. The van der Waals surface area contributed by atoms with Crippen LogP contribution in [0.3, 0.4) is 0 Å². The molecule has 0 bridgehead atoms. The van der Waals surface area contributed by atoms with Gasteiger partial charge in [0.2, 0.25) is 0 Å². The second-order valence-corrected chi connectivity index (χ2v) is 9.06. The molecule has 1 unspecified atom stereocenters. The fraction of sp³-hybridized carbons (Fsp3) is 0.840. The minimum absolute atomic E-state index is 0.450. The van der Waals surface area contributed by atoms with Crippen molar-refractivity contribution in [3.8, 4) is 0 Å². The first-order valence-corrected chi connectivity index (χ1v) is 11.4. The summed E-state index contributed by atoms with van der Waals surface area (Å²) in [6.07, 6.45) is 28.6. The summed E-state index contributed by atoms with van der Waals surface area (Å²) in [5.41, 5.74) is 2.04. The quantitative estimate of drug-likeness (QED) is 0.217. The van der Waals surface area contributed by atoms with Crippen LogP contribution in [-0.4, -0.2) is 0 Å². The van der Waals surface area contributed by atoms with Gasteiger partial charge in [-0.15, -0.1) is 0 Å². The molecule has 1 aliphatic carbocycles. The fourth-order valence-corrected chi connectivity index (χ4v) is 4.32. The zero-order chi connectivity index (χ0) is 18.4. The monoisotopic (exact) mass is 346 g/mol. The van der Waals surface area contributed by atoms with E-state index in [0.717, 1.165) is 0 Å². The summed E-state index contributed by atoms with van der Waals surface area (Å²) in [4.78, 5) is 0. The summed E-state index contributed by atoms with van der Waals surface area (Å²) in [7, 11) is 0. The minimum atomic E-state index is 0.450. The molecule has 0 nitrogen and oxygen atoms in total. The summed E-state index contributed by atoms with van der Waals surface area (Å²) < 4.78 is 0. The van der Waals surface area contributed by atoms with Gasteiger partial charge >= 0.3 is 0 Å². The molecule has 0 N–H and O–H groups in total. The Labute approximate surface area is 159 Å². The van der Waals surface area contributed by atoms with E-state index in [-0.39, 0.29) is 0 Å². The number of unbranched alkanes of at least 4 members (excludes halogenated alkanes) is 12. The van der Waals surface area contributed by atoms with Gasteiger partial charge in [0.05, 0.1) is 0 Å². The van der Waals surface area contributed by atoms with Crippen LogP contribution in [0.4, 0.5) is 0 Å². The topological polar surface area (TPSA) is 0 Å². The Morgan fingerprint density at radius 3 is 1.92 bits per heavy atom. The molecule has 25 heavy (non-hydrogen) atoms. The predicted octanol–water partition coefficient (Wildman–Crippen LogP) is 9.02. The minimum Gasteiger partial charge on any atom is -0.0879 e. The first-order chi connectivity index (χ1) is 12.1. The number of hydrogen-bond donors (Lipinski definition) is 0. The van der Waals surface area contributed by atoms with Crippen LogP contribution in [0.2, 0.25) is 0 Å². The molecule has 1 atom stereocenters. The molecule has 0 radical (unpaired) electrons. The zero-order valence-electron chi connectivity index (χ0n) is 17.9. The molecule has 146 valence electrons. The lowest BCUT2D eigenvalue weighted by atomic mass is 9.68. The van der Waals surface area contributed by atoms with Crippen LogP contribution >= 0.6 is 0 Å². The highest BCUT2D eigenvalue weighted by Gasteiger charge is 2.30. The van der Waals surface area contributed by atoms with Crippen molar-refractivity contribution >= 4 is 0 Å². The van der Waals surface area contributed by atoms with Gasteiger partial charge in [-0.1, -0.05) is 115 Å². The van der Waals surface area contributed by atoms with Crippen molar-refractivity contribution < 1.29 is 0 Å². The van der Waals surface area contributed by atoms with Crippen molar-refractivity contribution in [1.82, 2.24) is 0 Å². The smallest absolute Gasteiger partial charge is 0.00253 e. The van der Waals surface area contributed by atoms with E-state index in [9.17, 15) is 0 Å². The standard InChI is InChI=1S/C25H46/c1-5-6-7-8-9-10-11-12-13-14-15-16-17-18-21-24-23(2)20-19-22-25(24,3)4/h18,20-21,24H,5-17,19,22H2,1-4H3/b21-18+. The second kappa shape index (κ2) is 13.7. The maximum Gasteiger partial charge on any atom is 0.00253 e. The summed E-state index contributed by atoms with van der Waals surface area (Å²) in [6, 6.07) is 0. The third-order valence-corrected chi connectivity index (χ3v) is 6.14. The van der Waals surface area contributed by atoms with Crippen LogP contribution in [-0.2, 0) is 0 Å². The maximum absolute atomic E-state index is 2.50. The Morgan fingerprint density at radius 1 is 0.880 bits per heavy atom. The largest absolute Gasteiger partial charge is 0.0879 e. The predicted molar refractivity (Wildman–Crippen MR) is 115 cm³/mol. The molecule has 1 rings (SSSR count). The molecule has 0 aromatic carbocycles. The highest BCUT2D eigenvalue weighted by molar-refractivity contribution is 5.18. The van der Waals surface area contributed by atoms with Crippen LogP contribution in [0.1, 0.15) is 124 Å². The van der Waals surface area contributed by atoms with E-state index in [1.165, 1.54) is 96.3 Å². The van der Waals surface area contributed by atoms with E-state index in [2.05, 4.69) is 45.9 Å². The summed E-state index contributed by atoms with van der Waals surface area (Å²) in [6.45, 7) is 9.48.